The highest BCUT2D eigenvalue weighted by Crippen LogP contribution is 1.92. The monoisotopic (exact) mass is 217 g/mol. The first kappa shape index (κ1) is 14.9. The molecule has 0 aliphatic carbocycles. The van der Waals surface area contributed by atoms with E-state index < -0.39 is 0 Å². The minimum atomic E-state index is 0.440. The fourth-order valence-corrected chi connectivity index (χ4v) is 1.15. The summed E-state index contributed by atoms with van der Waals surface area (Å²) < 4.78 is 10.9. The molecule has 0 fully saturated rings. The summed E-state index contributed by atoms with van der Waals surface area (Å²) in [7, 11) is 0. The normalized spacial score (nSPS) is 13.4. The molecule has 1 N–H and O–H groups in total. The van der Waals surface area contributed by atoms with E-state index in [0.717, 1.165) is 19.8 Å². The molecule has 0 amide bonds. The van der Waals surface area contributed by atoms with E-state index in [-0.39, 0.29) is 0 Å². The van der Waals surface area contributed by atoms with Gasteiger partial charge < -0.3 is 14.8 Å². The SMILES string of the molecule is CCCNC(C)COCCOCC(C)C. The first-order valence-corrected chi connectivity index (χ1v) is 6.05. The van der Waals surface area contributed by atoms with Crippen molar-refractivity contribution in [2.45, 2.75) is 40.2 Å². The molecule has 3 nitrogen and oxygen atoms in total. The van der Waals surface area contributed by atoms with Gasteiger partial charge in [-0.15, -0.1) is 0 Å². The van der Waals surface area contributed by atoms with E-state index in [0.29, 0.717) is 25.2 Å². The molecule has 0 saturated carbocycles. The van der Waals surface area contributed by atoms with Crippen LogP contribution in [0.1, 0.15) is 34.1 Å². The average Bonchev–Trinajstić information content (AvgIpc) is 2.19. The molecule has 0 aromatic heterocycles. The first-order valence-electron chi connectivity index (χ1n) is 6.05. The van der Waals surface area contributed by atoms with E-state index in [1.807, 2.05) is 0 Å². The van der Waals surface area contributed by atoms with Crippen LogP contribution in [-0.2, 0) is 9.47 Å². The highest BCUT2D eigenvalue weighted by Gasteiger charge is 1.99. The molecule has 0 aliphatic rings. The number of hydrogen-bond donors (Lipinski definition) is 1. The maximum absolute atomic E-state index is 5.49. The first-order chi connectivity index (χ1) is 7.16. The summed E-state index contributed by atoms with van der Waals surface area (Å²) >= 11 is 0. The summed E-state index contributed by atoms with van der Waals surface area (Å²) in [6.07, 6.45) is 1.17. The van der Waals surface area contributed by atoms with Crippen LogP contribution in [0.2, 0.25) is 0 Å². The molecule has 0 radical (unpaired) electrons. The van der Waals surface area contributed by atoms with Crippen LogP contribution in [0.5, 0.6) is 0 Å². The van der Waals surface area contributed by atoms with Gasteiger partial charge in [0.2, 0.25) is 0 Å². The van der Waals surface area contributed by atoms with Gasteiger partial charge in [-0.25, -0.2) is 0 Å². The second-order valence-corrected chi connectivity index (χ2v) is 4.40. The van der Waals surface area contributed by atoms with Gasteiger partial charge in [-0.3, -0.25) is 0 Å². The zero-order chi connectivity index (χ0) is 11.5. The Kier molecular flexibility index (Phi) is 10.3. The quantitative estimate of drug-likeness (QED) is 0.568. The van der Waals surface area contributed by atoms with E-state index in [1.165, 1.54) is 6.42 Å². The van der Waals surface area contributed by atoms with Crippen molar-refractivity contribution in [3.63, 3.8) is 0 Å². The molecule has 15 heavy (non-hydrogen) atoms. The van der Waals surface area contributed by atoms with E-state index in [4.69, 9.17) is 9.47 Å². The van der Waals surface area contributed by atoms with Gasteiger partial charge in [0, 0.05) is 12.6 Å². The molecule has 92 valence electrons. The summed E-state index contributed by atoms with van der Waals surface area (Å²) in [5, 5.41) is 3.38. The van der Waals surface area contributed by atoms with Gasteiger partial charge in [-0.1, -0.05) is 20.8 Å². The molecule has 0 heterocycles. The third-order valence-corrected chi connectivity index (χ3v) is 1.93. The predicted octanol–water partition coefficient (Wildman–Crippen LogP) is 2.06. The largest absolute Gasteiger partial charge is 0.379 e. The van der Waals surface area contributed by atoms with Crippen molar-refractivity contribution >= 4 is 0 Å². The van der Waals surface area contributed by atoms with Crippen LogP contribution in [0.25, 0.3) is 0 Å². The van der Waals surface area contributed by atoms with E-state index in [1.54, 1.807) is 0 Å². The van der Waals surface area contributed by atoms with Gasteiger partial charge in [0.25, 0.3) is 0 Å². The summed E-state index contributed by atoms with van der Waals surface area (Å²) in [6.45, 7) is 12.7. The molecule has 0 bridgehead atoms. The standard InChI is InChI=1S/C12H27NO2/c1-5-6-13-12(4)10-15-8-7-14-9-11(2)3/h11-13H,5-10H2,1-4H3. The Bertz CT molecular complexity index is 129. The van der Waals surface area contributed by atoms with Crippen LogP contribution in [0, 0.1) is 5.92 Å². The lowest BCUT2D eigenvalue weighted by Crippen LogP contribution is -2.31. The zero-order valence-corrected chi connectivity index (χ0v) is 10.7. The highest BCUT2D eigenvalue weighted by atomic mass is 16.5. The summed E-state index contributed by atoms with van der Waals surface area (Å²) in [5.74, 6) is 0.607. The van der Waals surface area contributed by atoms with Crippen molar-refractivity contribution in [3.8, 4) is 0 Å². The van der Waals surface area contributed by atoms with Crippen molar-refractivity contribution in [3.05, 3.63) is 0 Å². The van der Waals surface area contributed by atoms with Crippen molar-refractivity contribution in [2.24, 2.45) is 5.92 Å². The van der Waals surface area contributed by atoms with Gasteiger partial charge in [-0.2, -0.15) is 0 Å². The van der Waals surface area contributed by atoms with Crippen LogP contribution in [0.3, 0.4) is 0 Å². The third kappa shape index (κ3) is 11.8. The van der Waals surface area contributed by atoms with E-state index in [2.05, 4.69) is 33.0 Å². The third-order valence-electron chi connectivity index (χ3n) is 1.93. The summed E-state index contributed by atoms with van der Waals surface area (Å²) in [5.41, 5.74) is 0. The maximum atomic E-state index is 5.49. The Morgan fingerprint density at radius 2 is 1.60 bits per heavy atom. The zero-order valence-electron chi connectivity index (χ0n) is 10.7. The minimum Gasteiger partial charge on any atom is -0.379 e. The second kappa shape index (κ2) is 10.4. The van der Waals surface area contributed by atoms with Crippen LogP contribution in [0.4, 0.5) is 0 Å². The van der Waals surface area contributed by atoms with Gasteiger partial charge in [-0.05, 0) is 25.8 Å². The second-order valence-electron chi connectivity index (χ2n) is 4.40. The van der Waals surface area contributed by atoms with Gasteiger partial charge in [0.05, 0.1) is 19.8 Å². The van der Waals surface area contributed by atoms with Crippen LogP contribution >= 0.6 is 0 Å². The Morgan fingerprint density at radius 3 is 2.13 bits per heavy atom. The molecule has 0 spiro atoms. The van der Waals surface area contributed by atoms with Gasteiger partial charge in [0.1, 0.15) is 0 Å². The van der Waals surface area contributed by atoms with E-state index >= 15 is 0 Å². The molecule has 0 rings (SSSR count). The highest BCUT2D eigenvalue weighted by molar-refractivity contribution is 4.57. The number of nitrogens with one attached hydrogen (secondary N) is 1. The topological polar surface area (TPSA) is 30.5 Å². The predicted molar refractivity (Wildman–Crippen MR) is 64.2 cm³/mol. The maximum Gasteiger partial charge on any atom is 0.0701 e. The molecular formula is C12H27NO2. The fraction of sp³-hybridized carbons (Fsp3) is 1.00. The molecule has 1 atom stereocenters. The lowest BCUT2D eigenvalue weighted by Gasteiger charge is -2.13. The lowest BCUT2D eigenvalue weighted by molar-refractivity contribution is 0.0319. The summed E-state index contributed by atoms with van der Waals surface area (Å²) in [6, 6.07) is 0.440. The van der Waals surface area contributed by atoms with Crippen LogP contribution in [0.15, 0.2) is 0 Å². The Hall–Kier alpha value is -0.120. The van der Waals surface area contributed by atoms with E-state index in [9.17, 15) is 0 Å². The number of ether oxygens (including phenoxy) is 2. The fourth-order valence-electron chi connectivity index (χ4n) is 1.15. The number of rotatable bonds is 10. The minimum absolute atomic E-state index is 0.440. The summed E-state index contributed by atoms with van der Waals surface area (Å²) in [4.78, 5) is 0. The Balaban J connectivity index is 3.09. The smallest absolute Gasteiger partial charge is 0.0701 e. The Labute approximate surface area is 94.5 Å². The van der Waals surface area contributed by atoms with Crippen molar-refractivity contribution in [1.82, 2.24) is 5.32 Å². The van der Waals surface area contributed by atoms with Crippen molar-refractivity contribution in [1.29, 1.82) is 0 Å². The molecule has 3 heteroatoms. The molecule has 0 aromatic carbocycles. The molecule has 0 aliphatic heterocycles. The average molecular weight is 217 g/mol. The molecule has 1 unspecified atom stereocenters. The van der Waals surface area contributed by atoms with Crippen molar-refractivity contribution in [2.75, 3.05) is 33.0 Å². The molecule has 0 aromatic rings. The van der Waals surface area contributed by atoms with Gasteiger partial charge in [0.15, 0.2) is 0 Å². The Morgan fingerprint density at radius 1 is 1.00 bits per heavy atom. The number of hydrogen-bond acceptors (Lipinski definition) is 3. The van der Waals surface area contributed by atoms with Crippen LogP contribution < -0.4 is 5.32 Å². The lowest BCUT2D eigenvalue weighted by atomic mass is 10.2. The van der Waals surface area contributed by atoms with Gasteiger partial charge >= 0.3 is 0 Å². The van der Waals surface area contributed by atoms with Crippen LogP contribution in [-0.4, -0.2) is 39.0 Å². The molecular weight excluding hydrogens is 190 g/mol. The molecule has 0 saturated heterocycles. The van der Waals surface area contributed by atoms with Crippen molar-refractivity contribution < 1.29 is 9.47 Å².